The number of hydrazine groups is 1. The molecule has 0 aliphatic carbocycles. The molecule has 0 aromatic heterocycles. The fraction of sp³-hybridized carbons (Fsp3) is 0.857. The molecule has 0 atom stereocenters. The van der Waals surface area contributed by atoms with E-state index >= 15 is 0 Å². The van der Waals surface area contributed by atoms with Gasteiger partial charge in [-0.1, -0.05) is 13.3 Å². The van der Waals surface area contributed by atoms with Gasteiger partial charge in [0.1, 0.15) is 0 Å². The predicted octanol–water partition coefficient (Wildman–Crippen LogP) is 0.343. The maximum absolute atomic E-state index is 5.40. The number of guanidine groups is 1. The van der Waals surface area contributed by atoms with E-state index in [4.69, 9.17) is 11.6 Å². The van der Waals surface area contributed by atoms with Crippen LogP contribution in [0.1, 0.15) is 33.6 Å². The van der Waals surface area contributed by atoms with E-state index in [1.807, 2.05) is 13.8 Å². The Morgan fingerprint density at radius 3 is 2.45 bits per heavy atom. The van der Waals surface area contributed by atoms with Crippen molar-refractivity contribution < 1.29 is 0 Å². The second kappa shape index (κ2) is 4.18. The lowest BCUT2D eigenvalue weighted by Crippen LogP contribution is -2.39. The molecule has 0 spiro atoms. The van der Waals surface area contributed by atoms with Crippen LogP contribution in [0.3, 0.4) is 0 Å². The molecule has 0 rings (SSSR count). The summed E-state index contributed by atoms with van der Waals surface area (Å²) in [5, 5.41) is 0. The zero-order chi connectivity index (χ0) is 8.91. The van der Waals surface area contributed by atoms with E-state index in [-0.39, 0.29) is 5.54 Å². The van der Waals surface area contributed by atoms with Crippen molar-refractivity contribution in [2.75, 3.05) is 0 Å². The number of nitrogens with zero attached hydrogens (tertiary/aromatic N) is 1. The molecule has 0 fully saturated rings. The van der Waals surface area contributed by atoms with Gasteiger partial charge in [0.2, 0.25) is 5.96 Å². The van der Waals surface area contributed by atoms with E-state index in [9.17, 15) is 0 Å². The molecule has 0 aliphatic rings. The first-order valence-corrected chi connectivity index (χ1v) is 3.84. The fourth-order valence-electron chi connectivity index (χ4n) is 1.03. The summed E-state index contributed by atoms with van der Waals surface area (Å²) >= 11 is 0. The van der Waals surface area contributed by atoms with Gasteiger partial charge in [-0.3, -0.25) is 5.43 Å². The lowest BCUT2D eigenvalue weighted by molar-refractivity contribution is 0.471. The van der Waals surface area contributed by atoms with Crippen LogP contribution >= 0.6 is 0 Å². The number of hydrogen-bond donors (Lipinski definition) is 3. The number of rotatable bonds is 3. The molecule has 66 valence electrons. The Kier molecular flexibility index (Phi) is 3.89. The van der Waals surface area contributed by atoms with Crippen molar-refractivity contribution in [3.8, 4) is 0 Å². The van der Waals surface area contributed by atoms with Crippen molar-refractivity contribution in [2.45, 2.75) is 39.2 Å². The predicted molar refractivity (Wildman–Crippen MR) is 47.9 cm³/mol. The first-order valence-electron chi connectivity index (χ1n) is 3.84. The Hall–Kier alpha value is -0.770. The average molecular weight is 158 g/mol. The summed E-state index contributed by atoms with van der Waals surface area (Å²) in [5.74, 6) is 5.36. The molecule has 0 aromatic carbocycles. The highest BCUT2D eigenvalue weighted by atomic mass is 15.3. The van der Waals surface area contributed by atoms with Crippen LogP contribution in [0.15, 0.2) is 4.99 Å². The average Bonchev–Trinajstić information content (AvgIpc) is 1.86. The van der Waals surface area contributed by atoms with Crippen molar-refractivity contribution in [3.63, 3.8) is 0 Å². The minimum Gasteiger partial charge on any atom is -0.369 e. The molecule has 0 aliphatic heterocycles. The third-order valence-corrected chi connectivity index (χ3v) is 1.43. The summed E-state index contributed by atoms with van der Waals surface area (Å²) in [6.07, 6.45) is 2.10. The normalized spacial score (nSPS) is 13.3. The van der Waals surface area contributed by atoms with E-state index < -0.39 is 0 Å². The monoisotopic (exact) mass is 158 g/mol. The molecular formula is C7H18N4. The number of nitrogens with one attached hydrogen (secondary N) is 1. The Morgan fingerprint density at radius 1 is 1.55 bits per heavy atom. The maximum atomic E-state index is 5.40. The van der Waals surface area contributed by atoms with Crippen LogP contribution in [0.25, 0.3) is 0 Å². The van der Waals surface area contributed by atoms with Gasteiger partial charge >= 0.3 is 0 Å². The zero-order valence-corrected chi connectivity index (χ0v) is 7.52. The van der Waals surface area contributed by atoms with Crippen molar-refractivity contribution >= 4 is 5.96 Å². The molecule has 0 amide bonds. The minimum atomic E-state index is -0.106. The number of nitrogens with two attached hydrogens (primary N) is 2. The van der Waals surface area contributed by atoms with Gasteiger partial charge in [0, 0.05) is 0 Å². The maximum Gasteiger partial charge on any atom is 0.203 e. The topological polar surface area (TPSA) is 76.4 Å². The third-order valence-electron chi connectivity index (χ3n) is 1.43. The molecule has 4 nitrogen and oxygen atoms in total. The van der Waals surface area contributed by atoms with Crippen LogP contribution in [0.4, 0.5) is 0 Å². The van der Waals surface area contributed by atoms with E-state index in [0.29, 0.717) is 5.96 Å². The summed E-state index contributed by atoms with van der Waals surface area (Å²) < 4.78 is 0. The lowest BCUT2D eigenvalue weighted by atomic mass is 10.0. The van der Waals surface area contributed by atoms with Gasteiger partial charge in [-0.05, 0) is 20.3 Å². The Morgan fingerprint density at radius 2 is 2.09 bits per heavy atom. The summed E-state index contributed by atoms with van der Waals surface area (Å²) in [4.78, 5) is 4.18. The summed E-state index contributed by atoms with van der Waals surface area (Å²) in [7, 11) is 0. The van der Waals surface area contributed by atoms with Gasteiger partial charge in [0.25, 0.3) is 0 Å². The van der Waals surface area contributed by atoms with E-state index in [1.165, 1.54) is 0 Å². The van der Waals surface area contributed by atoms with Gasteiger partial charge in [-0.25, -0.2) is 10.8 Å². The second-order valence-corrected chi connectivity index (χ2v) is 3.20. The van der Waals surface area contributed by atoms with Gasteiger partial charge in [0.05, 0.1) is 5.54 Å². The van der Waals surface area contributed by atoms with Gasteiger partial charge in [-0.15, -0.1) is 0 Å². The van der Waals surface area contributed by atoms with Crippen molar-refractivity contribution in [1.29, 1.82) is 0 Å². The molecule has 5 N–H and O–H groups in total. The van der Waals surface area contributed by atoms with Crippen molar-refractivity contribution in [2.24, 2.45) is 16.6 Å². The van der Waals surface area contributed by atoms with Crippen LogP contribution in [-0.2, 0) is 0 Å². The van der Waals surface area contributed by atoms with Crippen LogP contribution in [0.2, 0.25) is 0 Å². The Bertz CT molecular complexity index is 139. The van der Waals surface area contributed by atoms with Crippen LogP contribution in [0.5, 0.6) is 0 Å². The van der Waals surface area contributed by atoms with E-state index in [0.717, 1.165) is 12.8 Å². The van der Waals surface area contributed by atoms with E-state index in [2.05, 4.69) is 17.3 Å². The van der Waals surface area contributed by atoms with Crippen LogP contribution < -0.4 is 17.0 Å². The molecular weight excluding hydrogens is 140 g/mol. The fourth-order valence-corrected chi connectivity index (χ4v) is 1.03. The molecule has 11 heavy (non-hydrogen) atoms. The highest BCUT2D eigenvalue weighted by molar-refractivity contribution is 5.77. The minimum absolute atomic E-state index is 0.106. The van der Waals surface area contributed by atoms with Crippen LogP contribution in [-0.4, -0.2) is 11.5 Å². The lowest BCUT2D eigenvalue weighted by Gasteiger charge is -2.18. The molecule has 0 aromatic rings. The first kappa shape index (κ1) is 10.2. The molecule has 0 unspecified atom stereocenters. The van der Waals surface area contributed by atoms with Gasteiger partial charge < -0.3 is 5.73 Å². The number of hydrogen-bond acceptors (Lipinski definition) is 2. The second-order valence-electron chi connectivity index (χ2n) is 3.20. The molecule has 0 heterocycles. The number of aliphatic imine (C=N–C) groups is 1. The van der Waals surface area contributed by atoms with E-state index in [1.54, 1.807) is 0 Å². The van der Waals surface area contributed by atoms with Gasteiger partial charge in [-0.2, -0.15) is 0 Å². The Balaban J connectivity index is 4.08. The molecule has 4 heteroatoms. The third kappa shape index (κ3) is 4.61. The molecule has 0 radical (unpaired) electrons. The van der Waals surface area contributed by atoms with Gasteiger partial charge in [0.15, 0.2) is 0 Å². The molecule has 0 bridgehead atoms. The quantitative estimate of drug-likeness (QED) is 0.240. The summed E-state index contributed by atoms with van der Waals surface area (Å²) in [6.45, 7) is 6.17. The molecule has 0 saturated carbocycles. The molecule has 0 saturated heterocycles. The van der Waals surface area contributed by atoms with Crippen molar-refractivity contribution in [3.05, 3.63) is 0 Å². The largest absolute Gasteiger partial charge is 0.369 e. The highest BCUT2D eigenvalue weighted by Crippen LogP contribution is 2.15. The summed E-state index contributed by atoms with van der Waals surface area (Å²) in [5.41, 5.74) is 7.60. The van der Waals surface area contributed by atoms with Crippen molar-refractivity contribution in [1.82, 2.24) is 5.43 Å². The Labute approximate surface area is 68.0 Å². The highest BCUT2D eigenvalue weighted by Gasteiger charge is 2.14. The standard InChI is InChI=1S/C7H18N4/c1-4-5-7(2,3)10-6(8)11-9/h4-5,9H2,1-3H3,(H3,8,10,11). The van der Waals surface area contributed by atoms with Crippen LogP contribution in [0, 0.1) is 0 Å². The SMILES string of the molecule is CCCC(C)(C)N=C(N)NN. The zero-order valence-electron chi connectivity index (χ0n) is 7.52. The smallest absolute Gasteiger partial charge is 0.203 e. The first-order chi connectivity index (χ1) is 5.02. The summed E-state index contributed by atoms with van der Waals surface area (Å²) in [6, 6.07) is 0.